The average Bonchev–Trinajstić information content (AvgIpc) is 3.06. The van der Waals surface area contributed by atoms with E-state index in [1.165, 1.54) is 44.1 Å². The Kier molecular flexibility index (Phi) is 6.17. The molecule has 0 heterocycles. The maximum atomic E-state index is 10.2. The Bertz CT molecular complexity index is 716. The van der Waals surface area contributed by atoms with Crippen LogP contribution in [0, 0.1) is 46.3 Å². The van der Waals surface area contributed by atoms with Crippen molar-refractivity contribution in [2.45, 2.75) is 98.5 Å². The smallest absolute Gasteiger partial charge is 0.0577 e. The molecule has 4 aliphatic rings. The second kappa shape index (κ2) is 8.27. The lowest BCUT2D eigenvalue weighted by Crippen LogP contribution is -2.50. The summed E-state index contributed by atoms with van der Waals surface area (Å²) in [5.74, 6) is 4.64. The highest BCUT2D eigenvalue weighted by atomic mass is 16.3. The van der Waals surface area contributed by atoms with Crippen molar-refractivity contribution >= 4 is 0 Å². The van der Waals surface area contributed by atoms with Gasteiger partial charge in [0, 0.05) is 0 Å². The van der Waals surface area contributed by atoms with Gasteiger partial charge in [-0.25, -0.2) is 0 Å². The Labute approximate surface area is 186 Å². The molecule has 0 spiro atoms. The molecule has 3 saturated carbocycles. The van der Waals surface area contributed by atoms with Crippen LogP contribution in [0.25, 0.3) is 0 Å². The zero-order chi connectivity index (χ0) is 21.7. The maximum Gasteiger partial charge on any atom is 0.0577 e. The van der Waals surface area contributed by atoms with Crippen LogP contribution >= 0.6 is 0 Å². The molecule has 4 rings (SSSR count). The summed E-state index contributed by atoms with van der Waals surface area (Å²) in [5, 5.41) is 10.2. The molecule has 0 aromatic carbocycles. The molecule has 0 aliphatic heterocycles. The zero-order valence-corrected chi connectivity index (χ0v) is 20.3. The molecule has 0 amide bonds. The van der Waals surface area contributed by atoms with Crippen molar-refractivity contribution in [2.75, 3.05) is 0 Å². The number of hydrogen-bond acceptors (Lipinski definition) is 1. The molecule has 168 valence electrons. The van der Waals surface area contributed by atoms with Crippen LogP contribution in [0.3, 0.4) is 0 Å². The summed E-state index contributed by atoms with van der Waals surface area (Å²) in [6.45, 7) is 16.3. The number of rotatable bonds is 5. The molecule has 30 heavy (non-hydrogen) atoms. The largest absolute Gasteiger partial charge is 0.393 e. The molecule has 0 saturated heterocycles. The molecule has 9 atom stereocenters. The topological polar surface area (TPSA) is 20.2 Å². The van der Waals surface area contributed by atoms with Crippen molar-refractivity contribution in [3.8, 4) is 0 Å². The molecule has 4 aliphatic carbocycles. The Hall–Kier alpha value is -0.820. The molecule has 1 heteroatoms. The molecule has 0 aromatic rings. The van der Waals surface area contributed by atoms with Gasteiger partial charge < -0.3 is 5.11 Å². The average molecular weight is 411 g/mol. The van der Waals surface area contributed by atoms with Gasteiger partial charge in [0.1, 0.15) is 0 Å². The number of aliphatic hydroxyl groups excluding tert-OH is 1. The summed E-state index contributed by atoms with van der Waals surface area (Å²) in [5.41, 5.74) is 3.77. The summed E-state index contributed by atoms with van der Waals surface area (Å²) in [7, 11) is 0. The normalized spacial score (nSPS) is 45.3. The highest BCUT2D eigenvalue weighted by Gasteiger charge is 2.58. The minimum absolute atomic E-state index is 0.0932. The van der Waals surface area contributed by atoms with Gasteiger partial charge in [0.25, 0.3) is 0 Å². The van der Waals surface area contributed by atoms with Crippen LogP contribution in [0.1, 0.15) is 92.4 Å². The van der Waals surface area contributed by atoms with E-state index in [1.807, 2.05) is 0 Å². The van der Waals surface area contributed by atoms with Crippen molar-refractivity contribution in [1.82, 2.24) is 0 Å². The van der Waals surface area contributed by atoms with E-state index in [0.29, 0.717) is 22.7 Å². The fourth-order valence-corrected chi connectivity index (χ4v) is 8.64. The zero-order valence-electron chi connectivity index (χ0n) is 20.3. The van der Waals surface area contributed by atoms with Crippen molar-refractivity contribution in [1.29, 1.82) is 0 Å². The van der Waals surface area contributed by atoms with E-state index in [9.17, 15) is 5.11 Å². The first-order valence-electron chi connectivity index (χ1n) is 12.9. The van der Waals surface area contributed by atoms with Gasteiger partial charge in [-0.15, -0.1) is 0 Å². The van der Waals surface area contributed by atoms with Gasteiger partial charge in [-0.1, -0.05) is 63.6 Å². The third-order valence-corrected chi connectivity index (χ3v) is 10.5. The number of fused-ring (bicyclic) bond motifs is 5. The van der Waals surface area contributed by atoms with E-state index in [-0.39, 0.29) is 6.10 Å². The second-order valence-corrected chi connectivity index (χ2v) is 12.0. The summed E-state index contributed by atoms with van der Waals surface area (Å²) in [4.78, 5) is 0. The maximum absolute atomic E-state index is 10.2. The Morgan fingerprint density at radius 2 is 1.93 bits per heavy atom. The summed E-state index contributed by atoms with van der Waals surface area (Å²) >= 11 is 0. The molecule has 0 radical (unpaired) electrons. The van der Waals surface area contributed by atoms with Crippen LogP contribution < -0.4 is 0 Å². The lowest BCUT2D eigenvalue weighted by molar-refractivity contribution is -0.0540. The lowest BCUT2D eigenvalue weighted by Gasteiger charge is -2.58. The third-order valence-electron chi connectivity index (χ3n) is 10.5. The SMILES string of the molecule is C=C(C)C(/C=C/C(C)[C@H]1CCC2C3CC=C4C[C@@H](O)CC[C@]4(C)C3CC[C@@]21C)CC. The molecular weight excluding hydrogens is 364 g/mol. The van der Waals surface area contributed by atoms with Crippen molar-refractivity contribution in [3.63, 3.8) is 0 Å². The van der Waals surface area contributed by atoms with Crippen LogP contribution in [-0.2, 0) is 0 Å². The number of allylic oxidation sites excluding steroid dienone is 4. The minimum Gasteiger partial charge on any atom is -0.393 e. The Morgan fingerprint density at radius 3 is 2.63 bits per heavy atom. The van der Waals surface area contributed by atoms with E-state index < -0.39 is 0 Å². The highest BCUT2D eigenvalue weighted by molar-refractivity contribution is 5.25. The van der Waals surface area contributed by atoms with Crippen LogP contribution in [-0.4, -0.2) is 11.2 Å². The van der Waals surface area contributed by atoms with E-state index >= 15 is 0 Å². The Balaban J connectivity index is 1.53. The van der Waals surface area contributed by atoms with Crippen molar-refractivity contribution < 1.29 is 5.11 Å². The number of aliphatic hydroxyl groups is 1. The molecule has 5 unspecified atom stereocenters. The Morgan fingerprint density at radius 1 is 1.17 bits per heavy atom. The van der Waals surface area contributed by atoms with Crippen LogP contribution in [0.4, 0.5) is 0 Å². The molecule has 3 fully saturated rings. The predicted octanol–water partition coefficient (Wildman–Crippen LogP) is 7.72. The van der Waals surface area contributed by atoms with Gasteiger partial charge in [0.15, 0.2) is 0 Å². The predicted molar refractivity (Wildman–Crippen MR) is 128 cm³/mol. The highest BCUT2D eigenvalue weighted by Crippen LogP contribution is 2.67. The molecule has 1 N–H and O–H groups in total. The molecule has 0 aromatic heterocycles. The van der Waals surface area contributed by atoms with Crippen LogP contribution in [0.15, 0.2) is 36.0 Å². The van der Waals surface area contributed by atoms with E-state index in [2.05, 4.69) is 59.4 Å². The quantitative estimate of drug-likeness (QED) is 0.460. The van der Waals surface area contributed by atoms with Gasteiger partial charge >= 0.3 is 0 Å². The van der Waals surface area contributed by atoms with Gasteiger partial charge in [0.05, 0.1) is 6.10 Å². The van der Waals surface area contributed by atoms with Crippen molar-refractivity contribution in [3.05, 3.63) is 36.0 Å². The molecule has 1 nitrogen and oxygen atoms in total. The van der Waals surface area contributed by atoms with E-state index in [0.717, 1.165) is 42.9 Å². The van der Waals surface area contributed by atoms with Gasteiger partial charge in [0.2, 0.25) is 0 Å². The standard InChI is InChI=1S/C29H46O/c1-7-21(19(2)3)9-8-20(4)25-12-13-26-24-11-10-22-18-23(30)14-16-28(22,5)27(24)15-17-29(25,26)6/h8-10,20-21,23-27,30H,2,7,11-18H2,1,3-6H3/b9-8+/t20?,21?,23-,24?,25+,26?,27?,28-,29+/m0/s1. The molecular formula is C29H46O. The first-order valence-corrected chi connectivity index (χ1v) is 12.9. The number of hydrogen-bond donors (Lipinski definition) is 1. The minimum atomic E-state index is -0.0932. The second-order valence-electron chi connectivity index (χ2n) is 12.0. The van der Waals surface area contributed by atoms with Crippen molar-refractivity contribution in [2.24, 2.45) is 46.3 Å². The van der Waals surface area contributed by atoms with Crippen LogP contribution in [0.5, 0.6) is 0 Å². The summed E-state index contributed by atoms with van der Waals surface area (Å²) < 4.78 is 0. The van der Waals surface area contributed by atoms with Gasteiger partial charge in [-0.2, -0.15) is 0 Å². The van der Waals surface area contributed by atoms with Gasteiger partial charge in [-0.3, -0.25) is 0 Å². The first-order chi connectivity index (χ1) is 14.2. The summed E-state index contributed by atoms with van der Waals surface area (Å²) in [6, 6.07) is 0. The van der Waals surface area contributed by atoms with Crippen LogP contribution in [0.2, 0.25) is 0 Å². The lowest BCUT2D eigenvalue weighted by atomic mass is 9.47. The fraction of sp³-hybridized carbons (Fsp3) is 0.793. The fourth-order valence-electron chi connectivity index (χ4n) is 8.64. The van der Waals surface area contributed by atoms with E-state index in [4.69, 9.17) is 0 Å². The van der Waals surface area contributed by atoms with E-state index in [1.54, 1.807) is 5.57 Å². The monoisotopic (exact) mass is 410 g/mol. The first kappa shape index (κ1) is 22.4. The molecule has 0 bridgehead atoms. The summed E-state index contributed by atoms with van der Waals surface area (Å²) in [6.07, 6.45) is 18.7. The third kappa shape index (κ3) is 3.58. The van der Waals surface area contributed by atoms with Gasteiger partial charge in [-0.05, 0) is 111 Å².